The number of carbonyl (C=O) groups is 2. The number of rotatable bonds is 5. The molecule has 0 saturated heterocycles. The normalized spacial score (nSPS) is 19.8. The molecule has 0 radical (unpaired) electrons. The molecular formula is C21H23FN2O3. The molecule has 1 heterocycles. The van der Waals surface area contributed by atoms with Crippen LogP contribution in [0.5, 0.6) is 0 Å². The number of aliphatic carboxylic acids is 1. The number of hydrogen-bond acceptors (Lipinski definition) is 4. The van der Waals surface area contributed by atoms with Crippen molar-refractivity contribution in [1.82, 2.24) is 4.90 Å². The number of allylic oxidation sites excluding steroid dienone is 3. The van der Waals surface area contributed by atoms with E-state index >= 15 is 0 Å². The van der Waals surface area contributed by atoms with Crippen LogP contribution in [0, 0.1) is 17.7 Å². The van der Waals surface area contributed by atoms with Gasteiger partial charge in [-0.1, -0.05) is 38.1 Å². The Bertz CT molecular complexity index is 883. The smallest absolute Gasteiger partial charge is 0.317 e. The van der Waals surface area contributed by atoms with Crippen molar-refractivity contribution < 1.29 is 19.1 Å². The number of ketones is 1. The third-order valence-electron chi connectivity index (χ3n) is 4.77. The summed E-state index contributed by atoms with van der Waals surface area (Å²) in [4.78, 5) is 25.7. The zero-order valence-electron chi connectivity index (χ0n) is 15.4. The molecule has 142 valence electrons. The molecule has 3 rings (SSSR count). The Morgan fingerprint density at radius 2 is 2.07 bits per heavy atom. The van der Waals surface area contributed by atoms with E-state index in [1.54, 1.807) is 18.2 Å². The Morgan fingerprint density at radius 3 is 2.67 bits per heavy atom. The van der Waals surface area contributed by atoms with E-state index in [1.165, 1.54) is 12.1 Å². The highest BCUT2D eigenvalue weighted by Gasteiger charge is 2.36. The van der Waals surface area contributed by atoms with Gasteiger partial charge in [-0.15, -0.1) is 0 Å². The SMILES string of the molecule is CC(C)CN1C=C2CC(=O)C(C(=O)O)C=C2C(c2ccccc2F)=C1CN. The molecule has 1 aliphatic carbocycles. The van der Waals surface area contributed by atoms with Gasteiger partial charge in [0, 0.05) is 42.5 Å². The van der Waals surface area contributed by atoms with Gasteiger partial charge < -0.3 is 15.7 Å². The van der Waals surface area contributed by atoms with Crippen molar-refractivity contribution in [1.29, 1.82) is 0 Å². The summed E-state index contributed by atoms with van der Waals surface area (Å²) in [6, 6.07) is 6.35. The molecule has 5 nitrogen and oxygen atoms in total. The van der Waals surface area contributed by atoms with Crippen molar-refractivity contribution in [3.05, 3.63) is 64.8 Å². The standard InChI is InChI=1S/C21H23FN2O3/c1-12(2)10-24-11-13-7-19(25)16(21(26)27)8-15(13)20(18(24)9-23)14-5-3-4-6-17(14)22/h3-6,8,11-12,16H,7,9-10,23H2,1-2H3,(H,26,27). The van der Waals surface area contributed by atoms with Gasteiger partial charge in [0.2, 0.25) is 0 Å². The molecular weight excluding hydrogens is 347 g/mol. The van der Waals surface area contributed by atoms with Gasteiger partial charge in [-0.3, -0.25) is 9.59 Å². The van der Waals surface area contributed by atoms with Crippen molar-refractivity contribution in [3.63, 3.8) is 0 Å². The second kappa shape index (κ2) is 7.48. The van der Waals surface area contributed by atoms with E-state index in [4.69, 9.17) is 5.73 Å². The van der Waals surface area contributed by atoms with Crippen molar-refractivity contribution >= 4 is 17.3 Å². The lowest BCUT2D eigenvalue weighted by molar-refractivity contribution is -0.144. The summed E-state index contributed by atoms with van der Waals surface area (Å²) < 4.78 is 14.6. The number of carboxylic acid groups (broad SMARTS) is 1. The average Bonchev–Trinajstić information content (AvgIpc) is 2.60. The van der Waals surface area contributed by atoms with Gasteiger partial charge in [0.15, 0.2) is 5.78 Å². The van der Waals surface area contributed by atoms with Crippen LogP contribution < -0.4 is 5.73 Å². The van der Waals surface area contributed by atoms with Gasteiger partial charge in [0.1, 0.15) is 11.7 Å². The minimum atomic E-state index is -1.23. The van der Waals surface area contributed by atoms with Crippen LogP contribution in [0.25, 0.3) is 5.57 Å². The van der Waals surface area contributed by atoms with Gasteiger partial charge >= 0.3 is 5.97 Å². The lowest BCUT2D eigenvalue weighted by Crippen LogP contribution is -2.34. The van der Waals surface area contributed by atoms with Crippen LogP contribution in [0.2, 0.25) is 0 Å². The zero-order chi connectivity index (χ0) is 19.7. The van der Waals surface area contributed by atoms with Crippen LogP contribution in [0.15, 0.2) is 53.4 Å². The van der Waals surface area contributed by atoms with Gasteiger partial charge in [-0.05, 0) is 23.1 Å². The Hall–Kier alpha value is -2.73. The number of Topliss-reactive ketones (excluding diaryl/α,β-unsaturated/α-hetero) is 1. The molecule has 1 unspecified atom stereocenters. The second-order valence-corrected chi connectivity index (χ2v) is 7.25. The molecule has 3 N–H and O–H groups in total. The summed E-state index contributed by atoms with van der Waals surface area (Å²) >= 11 is 0. The second-order valence-electron chi connectivity index (χ2n) is 7.25. The first kappa shape index (κ1) is 19.0. The molecule has 0 aromatic heterocycles. The molecule has 1 atom stereocenters. The monoisotopic (exact) mass is 370 g/mol. The third kappa shape index (κ3) is 3.57. The molecule has 1 aromatic rings. The molecule has 0 saturated carbocycles. The maximum atomic E-state index is 14.6. The molecule has 27 heavy (non-hydrogen) atoms. The number of carboxylic acids is 1. The number of halogens is 1. The minimum Gasteiger partial charge on any atom is -0.480 e. The van der Waals surface area contributed by atoms with Gasteiger partial charge in [-0.2, -0.15) is 0 Å². The Labute approximate surface area is 157 Å². The van der Waals surface area contributed by atoms with Gasteiger partial charge in [-0.25, -0.2) is 4.39 Å². The van der Waals surface area contributed by atoms with Crippen LogP contribution in [-0.2, 0) is 9.59 Å². The van der Waals surface area contributed by atoms with Crippen LogP contribution >= 0.6 is 0 Å². The van der Waals surface area contributed by atoms with E-state index in [0.717, 1.165) is 5.70 Å². The number of carbonyl (C=O) groups excluding carboxylic acids is 1. The largest absolute Gasteiger partial charge is 0.480 e. The fourth-order valence-corrected chi connectivity index (χ4v) is 3.63. The predicted octanol–water partition coefficient (Wildman–Crippen LogP) is 2.95. The van der Waals surface area contributed by atoms with Crippen molar-refractivity contribution in [2.24, 2.45) is 17.6 Å². The highest BCUT2D eigenvalue weighted by molar-refractivity contribution is 6.05. The molecule has 0 bridgehead atoms. The van der Waals surface area contributed by atoms with Crippen LogP contribution in [0.4, 0.5) is 4.39 Å². The van der Waals surface area contributed by atoms with E-state index in [2.05, 4.69) is 13.8 Å². The molecule has 2 aliphatic rings. The lowest BCUT2D eigenvalue weighted by Gasteiger charge is -2.36. The van der Waals surface area contributed by atoms with Crippen LogP contribution in [0.1, 0.15) is 25.8 Å². The van der Waals surface area contributed by atoms with Crippen molar-refractivity contribution in [3.8, 4) is 0 Å². The quantitative estimate of drug-likeness (QED) is 0.779. The maximum absolute atomic E-state index is 14.6. The lowest BCUT2D eigenvalue weighted by atomic mass is 9.78. The van der Waals surface area contributed by atoms with E-state index in [-0.39, 0.29) is 18.7 Å². The number of hydrogen-bond donors (Lipinski definition) is 2. The van der Waals surface area contributed by atoms with E-state index < -0.39 is 17.7 Å². The fourth-order valence-electron chi connectivity index (χ4n) is 3.63. The first-order valence-electron chi connectivity index (χ1n) is 8.97. The Kier molecular flexibility index (Phi) is 5.28. The maximum Gasteiger partial charge on any atom is 0.317 e. The number of fused-ring (bicyclic) bond motifs is 1. The Balaban J connectivity index is 2.25. The molecule has 0 spiro atoms. The highest BCUT2D eigenvalue weighted by atomic mass is 19.1. The fraction of sp³-hybridized carbons (Fsp3) is 0.333. The first-order valence-corrected chi connectivity index (χ1v) is 8.97. The molecule has 1 aromatic carbocycles. The van der Waals surface area contributed by atoms with E-state index in [0.29, 0.717) is 34.7 Å². The van der Waals surface area contributed by atoms with Crippen LogP contribution in [-0.4, -0.2) is 34.8 Å². The topological polar surface area (TPSA) is 83.6 Å². The summed E-state index contributed by atoms with van der Waals surface area (Å²) in [5.74, 6) is -2.88. The molecule has 0 fully saturated rings. The minimum absolute atomic E-state index is 0.00714. The van der Waals surface area contributed by atoms with Crippen LogP contribution in [0.3, 0.4) is 0 Å². The van der Waals surface area contributed by atoms with E-state index in [9.17, 15) is 19.1 Å². The van der Waals surface area contributed by atoms with Crippen molar-refractivity contribution in [2.75, 3.05) is 13.1 Å². The third-order valence-corrected chi connectivity index (χ3v) is 4.77. The number of nitrogens with zero attached hydrogens (tertiary/aromatic N) is 1. The average molecular weight is 370 g/mol. The zero-order valence-corrected chi connectivity index (χ0v) is 15.4. The molecule has 6 heteroatoms. The molecule has 1 aliphatic heterocycles. The summed E-state index contributed by atoms with van der Waals surface area (Å²) in [6.45, 7) is 4.96. The predicted molar refractivity (Wildman–Crippen MR) is 101 cm³/mol. The van der Waals surface area contributed by atoms with Gasteiger partial charge in [0.25, 0.3) is 0 Å². The first-order chi connectivity index (χ1) is 12.8. The Morgan fingerprint density at radius 1 is 1.37 bits per heavy atom. The van der Waals surface area contributed by atoms with Crippen molar-refractivity contribution in [2.45, 2.75) is 20.3 Å². The number of nitrogens with two attached hydrogens (primary N) is 1. The highest BCUT2D eigenvalue weighted by Crippen LogP contribution is 2.42. The summed E-state index contributed by atoms with van der Waals surface area (Å²) in [6.07, 6.45) is 3.30. The molecule has 0 amide bonds. The summed E-state index contributed by atoms with van der Waals surface area (Å²) in [5, 5.41) is 9.39. The summed E-state index contributed by atoms with van der Waals surface area (Å²) in [5.41, 5.74) is 8.99. The number of benzene rings is 1. The summed E-state index contributed by atoms with van der Waals surface area (Å²) in [7, 11) is 0. The van der Waals surface area contributed by atoms with Gasteiger partial charge in [0.05, 0.1) is 0 Å². The van der Waals surface area contributed by atoms with E-state index in [1.807, 2.05) is 11.1 Å².